The van der Waals surface area contributed by atoms with Gasteiger partial charge < -0.3 is 10.6 Å². The number of carbonyl (C=O) groups excluding carboxylic acids is 1. The highest BCUT2D eigenvalue weighted by atomic mass is 16.1. The van der Waals surface area contributed by atoms with Gasteiger partial charge in [0.15, 0.2) is 0 Å². The minimum Gasteiger partial charge on any atom is -0.351 e. The summed E-state index contributed by atoms with van der Waals surface area (Å²) in [5, 5.41) is 6.55. The normalized spacial score (nSPS) is 19.1. The standard InChI is InChI=1S/C17H26N2O/c1-13-7-4-5-8-14(13)12-17(2,3)19-16(20)11-15-9-6-10-18-15/h4-5,7-8,15,18H,6,9-12H2,1-3H3,(H,19,20). The van der Waals surface area contributed by atoms with Crippen LogP contribution in [0.2, 0.25) is 0 Å². The van der Waals surface area contributed by atoms with Crippen LogP contribution < -0.4 is 10.6 Å². The quantitative estimate of drug-likeness (QED) is 0.866. The lowest BCUT2D eigenvalue weighted by Crippen LogP contribution is -2.46. The maximum Gasteiger partial charge on any atom is 0.221 e. The molecule has 1 atom stereocenters. The lowest BCUT2D eigenvalue weighted by Gasteiger charge is -2.28. The average molecular weight is 274 g/mol. The first-order valence-corrected chi connectivity index (χ1v) is 7.55. The molecule has 1 heterocycles. The number of hydrogen-bond acceptors (Lipinski definition) is 2. The highest BCUT2D eigenvalue weighted by Gasteiger charge is 2.24. The van der Waals surface area contributed by atoms with Crippen LogP contribution in [0.1, 0.15) is 44.2 Å². The van der Waals surface area contributed by atoms with E-state index in [0.29, 0.717) is 12.5 Å². The van der Waals surface area contributed by atoms with E-state index >= 15 is 0 Å². The molecule has 0 saturated carbocycles. The Bertz CT molecular complexity index is 462. The van der Waals surface area contributed by atoms with Gasteiger partial charge in [0, 0.05) is 18.0 Å². The fourth-order valence-electron chi connectivity index (χ4n) is 2.91. The zero-order valence-corrected chi connectivity index (χ0v) is 12.8. The van der Waals surface area contributed by atoms with Crippen LogP contribution >= 0.6 is 0 Å². The summed E-state index contributed by atoms with van der Waals surface area (Å²) in [5.74, 6) is 0.156. The molecule has 1 unspecified atom stereocenters. The van der Waals surface area contributed by atoms with Crippen molar-refractivity contribution in [1.29, 1.82) is 0 Å². The second-order valence-corrected chi connectivity index (χ2v) is 6.53. The molecule has 3 heteroatoms. The van der Waals surface area contributed by atoms with Crippen molar-refractivity contribution >= 4 is 5.91 Å². The molecule has 1 aliphatic heterocycles. The third kappa shape index (κ3) is 4.34. The van der Waals surface area contributed by atoms with Crippen molar-refractivity contribution in [3.05, 3.63) is 35.4 Å². The first-order valence-electron chi connectivity index (χ1n) is 7.55. The minimum atomic E-state index is -0.207. The monoisotopic (exact) mass is 274 g/mol. The van der Waals surface area contributed by atoms with Crippen molar-refractivity contribution < 1.29 is 4.79 Å². The smallest absolute Gasteiger partial charge is 0.221 e. The Morgan fingerprint density at radius 3 is 2.80 bits per heavy atom. The Balaban J connectivity index is 1.89. The molecule has 2 N–H and O–H groups in total. The van der Waals surface area contributed by atoms with Crippen LogP contribution in [-0.4, -0.2) is 24.0 Å². The van der Waals surface area contributed by atoms with Crippen LogP contribution in [0.25, 0.3) is 0 Å². The van der Waals surface area contributed by atoms with Gasteiger partial charge in [-0.25, -0.2) is 0 Å². The summed E-state index contributed by atoms with van der Waals surface area (Å²) in [6.45, 7) is 7.36. The molecule has 1 amide bonds. The number of rotatable bonds is 5. The molecular weight excluding hydrogens is 248 g/mol. The van der Waals surface area contributed by atoms with E-state index < -0.39 is 0 Å². The lowest BCUT2D eigenvalue weighted by molar-refractivity contribution is -0.123. The van der Waals surface area contributed by atoms with Crippen LogP contribution in [0.3, 0.4) is 0 Å². The number of nitrogens with one attached hydrogen (secondary N) is 2. The topological polar surface area (TPSA) is 41.1 Å². The molecular formula is C17H26N2O. The van der Waals surface area contributed by atoms with Crippen molar-refractivity contribution in [3.63, 3.8) is 0 Å². The van der Waals surface area contributed by atoms with Gasteiger partial charge in [0.2, 0.25) is 5.91 Å². The van der Waals surface area contributed by atoms with E-state index in [0.717, 1.165) is 19.4 Å². The van der Waals surface area contributed by atoms with E-state index in [1.54, 1.807) is 0 Å². The fraction of sp³-hybridized carbons (Fsp3) is 0.588. The molecule has 1 aliphatic rings. The van der Waals surface area contributed by atoms with Gasteiger partial charge in [-0.3, -0.25) is 4.79 Å². The number of amides is 1. The van der Waals surface area contributed by atoms with Crippen molar-refractivity contribution in [2.45, 2.75) is 58.0 Å². The minimum absolute atomic E-state index is 0.156. The maximum atomic E-state index is 12.1. The SMILES string of the molecule is Cc1ccccc1CC(C)(C)NC(=O)CC1CCCN1. The molecule has 1 saturated heterocycles. The second kappa shape index (κ2) is 6.40. The summed E-state index contributed by atoms with van der Waals surface area (Å²) in [4.78, 5) is 12.1. The fourth-order valence-corrected chi connectivity index (χ4v) is 2.91. The van der Waals surface area contributed by atoms with E-state index in [2.05, 4.69) is 55.7 Å². The van der Waals surface area contributed by atoms with Crippen LogP contribution in [0, 0.1) is 6.92 Å². The molecule has 0 aromatic heterocycles. The maximum absolute atomic E-state index is 12.1. The third-order valence-electron chi connectivity index (χ3n) is 3.97. The number of aryl methyl sites for hydroxylation is 1. The summed E-state index contributed by atoms with van der Waals surface area (Å²) in [6, 6.07) is 8.74. The summed E-state index contributed by atoms with van der Waals surface area (Å²) in [6.07, 6.45) is 3.76. The van der Waals surface area contributed by atoms with Crippen molar-refractivity contribution in [3.8, 4) is 0 Å². The molecule has 3 nitrogen and oxygen atoms in total. The van der Waals surface area contributed by atoms with Crippen molar-refractivity contribution in [2.75, 3.05) is 6.54 Å². The molecule has 1 aromatic rings. The highest BCUT2D eigenvalue weighted by Crippen LogP contribution is 2.17. The predicted molar refractivity (Wildman–Crippen MR) is 82.7 cm³/mol. The van der Waals surface area contributed by atoms with Gasteiger partial charge >= 0.3 is 0 Å². The van der Waals surface area contributed by atoms with Crippen molar-refractivity contribution in [1.82, 2.24) is 10.6 Å². The second-order valence-electron chi connectivity index (χ2n) is 6.53. The van der Waals surface area contributed by atoms with Gasteiger partial charge in [-0.15, -0.1) is 0 Å². The zero-order chi connectivity index (χ0) is 14.6. The van der Waals surface area contributed by atoms with Crippen LogP contribution in [0.5, 0.6) is 0 Å². The van der Waals surface area contributed by atoms with Gasteiger partial charge in [0.1, 0.15) is 0 Å². The van der Waals surface area contributed by atoms with Gasteiger partial charge in [-0.2, -0.15) is 0 Å². The average Bonchev–Trinajstić information content (AvgIpc) is 2.83. The van der Waals surface area contributed by atoms with Gasteiger partial charge in [-0.05, 0) is 57.7 Å². The summed E-state index contributed by atoms with van der Waals surface area (Å²) < 4.78 is 0. The van der Waals surface area contributed by atoms with Crippen LogP contribution in [0.15, 0.2) is 24.3 Å². The lowest BCUT2D eigenvalue weighted by atomic mass is 9.92. The molecule has 2 rings (SSSR count). The highest BCUT2D eigenvalue weighted by molar-refractivity contribution is 5.77. The first kappa shape index (κ1) is 15.0. The third-order valence-corrected chi connectivity index (χ3v) is 3.97. The molecule has 0 bridgehead atoms. The summed E-state index contributed by atoms with van der Waals surface area (Å²) in [5.41, 5.74) is 2.38. The Morgan fingerprint density at radius 1 is 1.40 bits per heavy atom. The summed E-state index contributed by atoms with van der Waals surface area (Å²) >= 11 is 0. The summed E-state index contributed by atoms with van der Waals surface area (Å²) in [7, 11) is 0. The van der Waals surface area contributed by atoms with E-state index in [1.807, 2.05) is 0 Å². The number of carbonyl (C=O) groups is 1. The largest absolute Gasteiger partial charge is 0.351 e. The van der Waals surface area contributed by atoms with E-state index in [9.17, 15) is 4.79 Å². The molecule has 110 valence electrons. The van der Waals surface area contributed by atoms with E-state index in [1.165, 1.54) is 17.5 Å². The van der Waals surface area contributed by atoms with E-state index in [-0.39, 0.29) is 11.4 Å². The molecule has 0 spiro atoms. The van der Waals surface area contributed by atoms with Gasteiger partial charge in [0.25, 0.3) is 0 Å². The van der Waals surface area contributed by atoms with Crippen LogP contribution in [-0.2, 0) is 11.2 Å². The molecule has 0 aliphatic carbocycles. The first-order chi connectivity index (χ1) is 9.46. The Kier molecular flexibility index (Phi) is 4.81. The number of hydrogen-bond donors (Lipinski definition) is 2. The Morgan fingerprint density at radius 2 is 2.15 bits per heavy atom. The molecule has 1 fully saturated rings. The molecule has 0 radical (unpaired) electrons. The predicted octanol–water partition coefficient (Wildman–Crippen LogP) is 2.57. The zero-order valence-electron chi connectivity index (χ0n) is 12.8. The molecule has 20 heavy (non-hydrogen) atoms. The molecule has 1 aromatic carbocycles. The van der Waals surface area contributed by atoms with Crippen molar-refractivity contribution in [2.24, 2.45) is 0 Å². The van der Waals surface area contributed by atoms with Crippen LogP contribution in [0.4, 0.5) is 0 Å². The number of benzene rings is 1. The Hall–Kier alpha value is -1.35. The van der Waals surface area contributed by atoms with Gasteiger partial charge in [-0.1, -0.05) is 24.3 Å². The van der Waals surface area contributed by atoms with E-state index in [4.69, 9.17) is 0 Å². The Labute approximate surface area is 122 Å². The van der Waals surface area contributed by atoms with Gasteiger partial charge in [0.05, 0.1) is 0 Å².